The fourth-order valence-electron chi connectivity index (χ4n) is 7.06. The Morgan fingerprint density at radius 2 is 1.81 bits per heavy atom. The van der Waals surface area contributed by atoms with E-state index in [2.05, 4.69) is 15.5 Å². The third-order valence-electron chi connectivity index (χ3n) is 9.23. The zero-order valence-corrected chi connectivity index (χ0v) is 25.6. The molecule has 1 saturated heterocycles. The first-order valence-corrected chi connectivity index (χ1v) is 16.1. The molecular formula is C34H26F3N5O4S. The third kappa shape index (κ3) is 5.05. The Morgan fingerprint density at radius 1 is 1.00 bits per heavy atom. The maximum Gasteiger partial charge on any atom is 0.439 e. The number of aryl methyl sites for hydroxylation is 3. The molecule has 0 radical (unpaired) electrons. The first-order chi connectivity index (χ1) is 22.7. The zero-order valence-electron chi connectivity index (χ0n) is 24.7. The lowest BCUT2D eigenvalue weighted by molar-refractivity contribution is 0.0776. The van der Waals surface area contributed by atoms with Crippen molar-refractivity contribution in [2.24, 2.45) is 0 Å². The lowest BCUT2D eigenvalue weighted by Crippen LogP contribution is -2.26. The molecule has 47 heavy (non-hydrogen) atoms. The molecule has 2 amide bonds. The van der Waals surface area contributed by atoms with Crippen LogP contribution in [0.2, 0.25) is 0 Å². The van der Waals surface area contributed by atoms with Crippen LogP contribution in [0, 0.1) is 17.5 Å². The van der Waals surface area contributed by atoms with Crippen molar-refractivity contribution in [1.82, 2.24) is 25.3 Å². The van der Waals surface area contributed by atoms with Gasteiger partial charge < -0.3 is 10.2 Å². The second kappa shape index (κ2) is 11.3. The van der Waals surface area contributed by atoms with Crippen LogP contribution in [0.5, 0.6) is 0 Å². The Hall–Kier alpha value is -5.04. The third-order valence-corrected chi connectivity index (χ3v) is 10.3. The second-order valence-corrected chi connectivity index (χ2v) is 13.1. The number of pyridine rings is 1. The number of H-pyrrole nitrogens is 1. The number of hydrogen-bond donors (Lipinski definition) is 2. The van der Waals surface area contributed by atoms with Gasteiger partial charge in [-0.05, 0) is 91.6 Å². The Morgan fingerprint density at radius 3 is 2.60 bits per heavy atom. The molecule has 5 aromatic rings. The normalized spacial score (nSPS) is 18.0. The standard InChI is InChI=1S/C34H26F3N5O4S/c35-18-7-3-16(4-8-18)5-9-23-27(31-40-34(45)46-41-31)28(29-30(38-23)24-2-1-13-42(24)33(29)44)25-11-12-26(47-25)32(43)39-22-10-6-17-14-20(36)21(37)15-19(17)22/h3-4,7-8,11-12,14-15,22,24H,1-2,5-6,9-10,13H2,(H,39,43)(H,40,41,45)/t22-,24+/m0/s1. The van der Waals surface area contributed by atoms with Crippen LogP contribution < -0.4 is 11.1 Å². The van der Waals surface area contributed by atoms with Gasteiger partial charge in [0.1, 0.15) is 5.82 Å². The minimum absolute atomic E-state index is 0.102. The van der Waals surface area contributed by atoms with E-state index in [1.807, 2.05) is 0 Å². The van der Waals surface area contributed by atoms with Crippen LogP contribution in [0.3, 0.4) is 0 Å². The molecule has 2 N–H and O–H groups in total. The van der Waals surface area contributed by atoms with Crippen LogP contribution >= 0.6 is 11.3 Å². The quantitative estimate of drug-likeness (QED) is 0.220. The summed E-state index contributed by atoms with van der Waals surface area (Å²) in [6.07, 6.45) is 3.50. The maximum atomic E-state index is 14.0. The lowest BCUT2D eigenvalue weighted by Gasteiger charge is -2.16. The number of benzene rings is 2. The van der Waals surface area contributed by atoms with Crippen molar-refractivity contribution in [3.05, 3.63) is 115 Å². The molecule has 3 aliphatic rings. The molecule has 238 valence electrons. The molecular weight excluding hydrogens is 631 g/mol. The molecule has 0 saturated carbocycles. The molecule has 1 aliphatic carbocycles. The van der Waals surface area contributed by atoms with Gasteiger partial charge in [-0.3, -0.25) is 24.1 Å². The lowest BCUT2D eigenvalue weighted by atomic mass is 9.93. The summed E-state index contributed by atoms with van der Waals surface area (Å²) in [6, 6.07) is 11.2. The molecule has 0 spiro atoms. The van der Waals surface area contributed by atoms with E-state index in [-0.39, 0.29) is 23.6 Å². The number of thiophene rings is 1. The highest BCUT2D eigenvalue weighted by molar-refractivity contribution is 7.17. The van der Waals surface area contributed by atoms with Crippen molar-refractivity contribution in [3.8, 4) is 21.8 Å². The van der Waals surface area contributed by atoms with Crippen LogP contribution in [0.4, 0.5) is 13.2 Å². The van der Waals surface area contributed by atoms with Crippen molar-refractivity contribution in [2.75, 3.05) is 6.54 Å². The molecule has 2 aliphatic heterocycles. The van der Waals surface area contributed by atoms with Gasteiger partial charge in [-0.2, -0.15) is 0 Å². The number of hydrogen-bond acceptors (Lipinski definition) is 7. The highest BCUT2D eigenvalue weighted by atomic mass is 32.1. The Kier molecular flexibility index (Phi) is 7.08. The first-order valence-electron chi connectivity index (χ1n) is 15.3. The number of carbonyl (C=O) groups excluding carboxylic acids is 2. The fourth-order valence-corrected chi connectivity index (χ4v) is 8.02. The van der Waals surface area contributed by atoms with Gasteiger partial charge in [0.2, 0.25) is 0 Å². The van der Waals surface area contributed by atoms with Crippen molar-refractivity contribution in [2.45, 2.75) is 50.6 Å². The van der Waals surface area contributed by atoms with E-state index < -0.39 is 29.3 Å². The summed E-state index contributed by atoms with van der Waals surface area (Å²) < 4.78 is 46.3. The van der Waals surface area contributed by atoms with Gasteiger partial charge in [0.25, 0.3) is 11.8 Å². The molecule has 2 aromatic carbocycles. The van der Waals surface area contributed by atoms with Gasteiger partial charge in [-0.1, -0.05) is 17.3 Å². The number of amides is 2. The molecule has 5 heterocycles. The van der Waals surface area contributed by atoms with E-state index in [1.54, 1.807) is 29.2 Å². The average Bonchev–Trinajstić information content (AvgIpc) is 3.89. The van der Waals surface area contributed by atoms with E-state index in [1.165, 1.54) is 18.2 Å². The monoisotopic (exact) mass is 657 g/mol. The van der Waals surface area contributed by atoms with E-state index >= 15 is 0 Å². The van der Waals surface area contributed by atoms with Crippen LogP contribution in [-0.2, 0) is 19.3 Å². The minimum Gasteiger partial charge on any atom is -0.345 e. The van der Waals surface area contributed by atoms with Gasteiger partial charge in [0.15, 0.2) is 17.5 Å². The van der Waals surface area contributed by atoms with Crippen LogP contribution in [0.1, 0.15) is 79.5 Å². The highest BCUT2D eigenvalue weighted by Gasteiger charge is 2.44. The summed E-state index contributed by atoms with van der Waals surface area (Å²) in [6.45, 7) is 0.589. The number of aromatic amines is 1. The smallest absolute Gasteiger partial charge is 0.345 e. The van der Waals surface area contributed by atoms with Gasteiger partial charge in [0, 0.05) is 17.0 Å². The topological polar surface area (TPSA) is 121 Å². The Balaban J connectivity index is 1.21. The van der Waals surface area contributed by atoms with Gasteiger partial charge in [-0.25, -0.2) is 18.0 Å². The SMILES string of the molecule is O=C(N[C@H]1CCc2cc(F)c(F)cc21)c1ccc(-c2c3c(nc(CCc4ccc(F)cc4)c2-c2noc(=O)[nH]2)[C@H]2CCCN2C3=O)s1. The average molecular weight is 658 g/mol. The molecule has 2 atom stereocenters. The van der Waals surface area contributed by atoms with E-state index in [4.69, 9.17) is 9.51 Å². The molecule has 0 unspecified atom stereocenters. The summed E-state index contributed by atoms with van der Waals surface area (Å²) in [5.74, 6) is -3.47. The summed E-state index contributed by atoms with van der Waals surface area (Å²) in [7, 11) is 0. The van der Waals surface area contributed by atoms with Crippen LogP contribution in [-0.4, -0.2) is 38.4 Å². The van der Waals surface area contributed by atoms with Crippen molar-refractivity contribution in [1.29, 1.82) is 0 Å². The number of halogens is 3. The van der Waals surface area contributed by atoms with Crippen molar-refractivity contribution >= 4 is 23.2 Å². The molecule has 1 fully saturated rings. The predicted molar refractivity (Wildman–Crippen MR) is 165 cm³/mol. The predicted octanol–water partition coefficient (Wildman–Crippen LogP) is 6.06. The molecule has 8 rings (SSSR count). The number of carbonyl (C=O) groups is 2. The highest BCUT2D eigenvalue weighted by Crippen LogP contribution is 2.48. The Bertz CT molecular complexity index is 2140. The number of fused-ring (bicyclic) bond motifs is 4. The largest absolute Gasteiger partial charge is 0.439 e. The molecule has 9 nitrogen and oxygen atoms in total. The number of nitrogens with one attached hydrogen (secondary N) is 2. The summed E-state index contributed by atoms with van der Waals surface area (Å²) in [5, 5.41) is 6.93. The molecule has 3 aromatic heterocycles. The summed E-state index contributed by atoms with van der Waals surface area (Å²) in [4.78, 5) is 50.0. The van der Waals surface area contributed by atoms with E-state index in [0.717, 1.165) is 35.8 Å². The second-order valence-electron chi connectivity index (χ2n) is 12.0. The first kappa shape index (κ1) is 29.4. The van der Waals surface area contributed by atoms with E-state index in [0.29, 0.717) is 81.2 Å². The number of nitrogens with zero attached hydrogens (tertiary/aromatic N) is 3. The van der Waals surface area contributed by atoms with Gasteiger partial charge >= 0.3 is 5.76 Å². The maximum absolute atomic E-state index is 14.0. The van der Waals surface area contributed by atoms with Gasteiger partial charge in [0.05, 0.1) is 39.5 Å². The van der Waals surface area contributed by atoms with Crippen LogP contribution in [0.15, 0.2) is 57.8 Å². The minimum atomic E-state index is -0.964. The van der Waals surface area contributed by atoms with E-state index in [9.17, 15) is 27.6 Å². The van der Waals surface area contributed by atoms with Crippen molar-refractivity contribution in [3.63, 3.8) is 0 Å². The van der Waals surface area contributed by atoms with Crippen LogP contribution in [0.25, 0.3) is 21.8 Å². The summed E-state index contributed by atoms with van der Waals surface area (Å²) in [5.41, 5.74) is 4.62. The summed E-state index contributed by atoms with van der Waals surface area (Å²) >= 11 is 1.16. The number of rotatable bonds is 7. The number of aromatic nitrogens is 3. The molecule has 0 bridgehead atoms. The fraction of sp³-hybridized carbons (Fsp3) is 0.265. The van der Waals surface area contributed by atoms with Gasteiger partial charge in [-0.15, -0.1) is 11.3 Å². The van der Waals surface area contributed by atoms with Crippen molar-refractivity contribution < 1.29 is 27.3 Å². The molecule has 13 heteroatoms. The Labute approximate surface area is 269 Å². The zero-order chi connectivity index (χ0) is 32.4.